The summed E-state index contributed by atoms with van der Waals surface area (Å²) < 4.78 is 12.4. The molecule has 1 aromatic carbocycles. The van der Waals surface area contributed by atoms with Crippen LogP contribution in [0.5, 0.6) is 0 Å². The predicted octanol–water partition coefficient (Wildman–Crippen LogP) is 2.24. The van der Waals surface area contributed by atoms with Crippen molar-refractivity contribution in [1.29, 1.82) is 0 Å². The van der Waals surface area contributed by atoms with Crippen LogP contribution in [0.25, 0.3) is 0 Å². The van der Waals surface area contributed by atoms with Crippen molar-refractivity contribution in [2.75, 3.05) is 0 Å². The van der Waals surface area contributed by atoms with Gasteiger partial charge in [-0.15, -0.1) is 0 Å². The zero-order chi connectivity index (χ0) is 8.27. The summed E-state index contributed by atoms with van der Waals surface area (Å²) in [4.78, 5) is 0. The molecule has 0 amide bonds. The van der Waals surface area contributed by atoms with Crippen LogP contribution >= 0.6 is 0 Å². The summed E-state index contributed by atoms with van der Waals surface area (Å²) in [7, 11) is 0. The molecule has 0 aromatic heterocycles. The summed E-state index contributed by atoms with van der Waals surface area (Å²) in [5.41, 5.74) is 6.72. The summed E-state index contributed by atoms with van der Waals surface area (Å²) in [5, 5.41) is 0. The van der Waals surface area contributed by atoms with E-state index in [1.807, 2.05) is 6.92 Å². The van der Waals surface area contributed by atoms with E-state index in [4.69, 9.17) is 5.73 Å². The molecule has 1 nitrogen and oxygen atoms in total. The molecule has 0 unspecified atom stereocenters. The highest BCUT2D eigenvalue weighted by Gasteiger charge is 2.01. The average Bonchev–Trinajstić information content (AvgIpc) is 2.05. The second-order valence-electron chi connectivity index (χ2n) is 2.57. The Balaban J connectivity index is 2.81. The largest absolute Gasteiger partial charge is 0.324 e. The van der Waals surface area contributed by atoms with Crippen LogP contribution in [0, 0.1) is 5.82 Å². The van der Waals surface area contributed by atoms with Crippen molar-refractivity contribution in [3.05, 3.63) is 35.6 Å². The van der Waals surface area contributed by atoms with Crippen LogP contribution < -0.4 is 5.73 Å². The van der Waals surface area contributed by atoms with E-state index in [-0.39, 0.29) is 11.9 Å². The first-order valence-electron chi connectivity index (χ1n) is 3.75. The van der Waals surface area contributed by atoms with E-state index < -0.39 is 0 Å². The van der Waals surface area contributed by atoms with Gasteiger partial charge < -0.3 is 5.73 Å². The van der Waals surface area contributed by atoms with Gasteiger partial charge in [0.15, 0.2) is 0 Å². The normalized spacial score (nSPS) is 13.0. The first kappa shape index (κ1) is 8.21. The van der Waals surface area contributed by atoms with Gasteiger partial charge in [-0.05, 0) is 24.1 Å². The Morgan fingerprint density at radius 2 is 1.91 bits per heavy atom. The molecule has 0 aliphatic rings. The van der Waals surface area contributed by atoms with Crippen LogP contribution in [-0.2, 0) is 0 Å². The third-order valence-corrected chi connectivity index (χ3v) is 1.74. The summed E-state index contributed by atoms with van der Waals surface area (Å²) in [5.74, 6) is -0.211. The Bertz CT molecular complexity index is 218. The standard InChI is InChI=1S/C9H12FN/c1-2-9(11)7-3-5-8(10)6-4-7/h3-6,9H,2,11H2,1H3/t9-/m1/s1. The minimum Gasteiger partial charge on any atom is -0.324 e. The SMILES string of the molecule is CC[C@@H](N)c1ccc(F)cc1. The molecule has 0 fully saturated rings. The lowest BCUT2D eigenvalue weighted by Crippen LogP contribution is -2.08. The lowest BCUT2D eigenvalue weighted by atomic mass is 10.1. The maximum absolute atomic E-state index is 12.4. The van der Waals surface area contributed by atoms with Crippen molar-refractivity contribution in [3.8, 4) is 0 Å². The van der Waals surface area contributed by atoms with Gasteiger partial charge in [0.25, 0.3) is 0 Å². The van der Waals surface area contributed by atoms with Crippen molar-refractivity contribution >= 4 is 0 Å². The van der Waals surface area contributed by atoms with E-state index in [1.165, 1.54) is 12.1 Å². The van der Waals surface area contributed by atoms with Gasteiger partial charge in [-0.2, -0.15) is 0 Å². The third-order valence-electron chi connectivity index (χ3n) is 1.74. The number of benzene rings is 1. The van der Waals surface area contributed by atoms with Gasteiger partial charge in [-0.1, -0.05) is 19.1 Å². The smallest absolute Gasteiger partial charge is 0.123 e. The minimum atomic E-state index is -0.211. The second-order valence-corrected chi connectivity index (χ2v) is 2.57. The van der Waals surface area contributed by atoms with Crippen molar-refractivity contribution in [1.82, 2.24) is 0 Å². The van der Waals surface area contributed by atoms with E-state index >= 15 is 0 Å². The van der Waals surface area contributed by atoms with Gasteiger partial charge in [0, 0.05) is 6.04 Å². The molecule has 0 radical (unpaired) electrons. The summed E-state index contributed by atoms with van der Waals surface area (Å²) in [6.07, 6.45) is 0.881. The van der Waals surface area contributed by atoms with Gasteiger partial charge >= 0.3 is 0 Å². The van der Waals surface area contributed by atoms with E-state index in [9.17, 15) is 4.39 Å². The lowest BCUT2D eigenvalue weighted by Gasteiger charge is -2.07. The first-order valence-corrected chi connectivity index (χ1v) is 3.75. The second kappa shape index (κ2) is 3.49. The highest BCUT2D eigenvalue weighted by Crippen LogP contribution is 2.13. The average molecular weight is 153 g/mol. The van der Waals surface area contributed by atoms with Gasteiger partial charge in [0.05, 0.1) is 0 Å². The van der Waals surface area contributed by atoms with Gasteiger partial charge in [-0.25, -0.2) is 4.39 Å². The van der Waals surface area contributed by atoms with Crippen LogP contribution in [0.1, 0.15) is 24.9 Å². The number of hydrogen-bond donors (Lipinski definition) is 1. The van der Waals surface area contributed by atoms with Crippen LogP contribution in [-0.4, -0.2) is 0 Å². The Hall–Kier alpha value is -0.890. The summed E-state index contributed by atoms with van der Waals surface area (Å²) >= 11 is 0. The number of hydrogen-bond acceptors (Lipinski definition) is 1. The highest BCUT2D eigenvalue weighted by molar-refractivity contribution is 5.19. The number of rotatable bonds is 2. The first-order chi connectivity index (χ1) is 5.24. The Kier molecular flexibility index (Phi) is 2.60. The molecule has 0 saturated carbocycles. The van der Waals surface area contributed by atoms with E-state index in [1.54, 1.807) is 12.1 Å². The molecule has 11 heavy (non-hydrogen) atoms. The van der Waals surface area contributed by atoms with E-state index in [0.29, 0.717) is 0 Å². The Morgan fingerprint density at radius 1 is 1.36 bits per heavy atom. The van der Waals surface area contributed by atoms with Crippen LogP contribution in [0.4, 0.5) is 4.39 Å². The van der Waals surface area contributed by atoms with E-state index in [0.717, 1.165) is 12.0 Å². The van der Waals surface area contributed by atoms with Gasteiger partial charge in [0.2, 0.25) is 0 Å². The molecular formula is C9H12FN. The van der Waals surface area contributed by atoms with Gasteiger partial charge in [0.1, 0.15) is 5.82 Å². The molecule has 60 valence electrons. The van der Waals surface area contributed by atoms with Crippen LogP contribution in [0.2, 0.25) is 0 Å². The molecular weight excluding hydrogens is 141 g/mol. The molecule has 0 bridgehead atoms. The Labute approximate surface area is 66.0 Å². The molecule has 0 spiro atoms. The zero-order valence-electron chi connectivity index (χ0n) is 6.55. The minimum absolute atomic E-state index is 0.0376. The fourth-order valence-electron chi connectivity index (χ4n) is 0.946. The van der Waals surface area contributed by atoms with Gasteiger partial charge in [-0.3, -0.25) is 0 Å². The molecule has 0 aliphatic carbocycles. The molecule has 0 aliphatic heterocycles. The molecule has 1 aromatic rings. The fraction of sp³-hybridized carbons (Fsp3) is 0.333. The maximum atomic E-state index is 12.4. The molecule has 2 N–H and O–H groups in total. The number of nitrogens with two attached hydrogens (primary N) is 1. The Morgan fingerprint density at radius 3 is 2.36 bits per heavy atom. The van der Waals surface area contributed by atoms with Crippen LogP contribution in [0.3, 0.4) is 0 Å². The van der Waals surface area contributed by atoms with Crippen molar-refractivity contribution in [2.45, 2.75) is 19.4 Å². The molecule has 2 heteroatoms. The quantitative estimate of drug-likeness (QED) is 0.692. The van der Waals surface area contributed by atoms with Crippen molar-refractivity contribution in [3.63, 3.8) is 0 Å². The predicted molar refractivity (Wildman–Crippen MR) is 43.6 cm³/mol. The number of halogens is 1. The summed E-state index contributed by atoms with van der Waals surface area (Å²) in [6, 6.07) is 6.36. The molecule has 0 heterocycles. The zero-order valence-corrected chi connectivity index (χ0v) is 6.55. The fourth-order valence-corrected chi connectivity index (χ4v) is 0.946. The molecule has 1 atom stereocenters. The molecule has 1 rings (SSSR count). The molecule has 0 saturated heterocycles. The van der Waals surface area contributed by atoms with Crippen LogP contribution in [0.15, 0.2) is 24.3 Å². The monoisotopic (exact) mass is 153 g/mol. The van der Waals surface area contributed by atoms with Crippen molar-refractivity contribution in [2.24, 2.45) is 5.73 Å². The highest BCUT2D eigenvalue weighted by atomic mass is 19.1. The maximum Gasteiger partial charge on any atom is 0.123 e. The van der Waals surface area contributed by atoms with Crippen molar-refractivity contribution < 1.29 is 4.39 Å². The lowest BCUT2D eigenvalue weighted by molar-refractivity contribution is 0.623. The third kappa shape index (κ3) is 2.02. The topological polar surface area (TPSA) is 26.0 Å². The summed E-state index contributed by atoms with van der Waals surface area (Å²) in [6.45, 7) is 2.01. The van der Waals surface area contributed by atoms with E-state index in [2.05, 4.69) is 0 Å².